The van der Waals surface area contributed by atoms with Crippen molar-refractivity contribution in [1.29, 1.82) is 0 Å². The quantitative estimate of drug-likeness (QED) is 0.309. The summed E-state index contributed by atoms with van der Waals surface area (Å²) in [7, 11) is 0. The number of alkyl carbamates (subject to hydrolysis) is 1. The third-order valence-electron chi connectivity index (χ3n) is 5.30. The number of nitrogens with two attached hydrogens (primary N) is 1. The molecule has 3 N–H and O–H groups in total. The molecule has 0 spiro atoms. The molecule has 0 aliphatic carbocycles. The van der Waals surface area contributed by atoms with Crippen molar-refractivity contribution < 1.29 is 14.3 Å². The van der Waals surface area contributed by atoms with E-state index in [-0.39, 0.29) is 5.91 Å². The van der Waals surface area contributed by atoms with E-state index in [9.17, 15) is 9.59 Å². The lowest BCUT2D eigenvalue weighted by atomic mass is 9.87. The number of hydrogen-bond donors (Lipinski definition) is 2. The van der Waals surface area contributed by atoms with Crippen LogP contribution in [0, 0.1) is 0 Å². The van der Waals surface area contributed by atoms with Crippen LogP contribution in [0.4, 0.5) is 10.5 Å². The Morgan fingerprint density at radius 3 is 2.50 bits per heavy atom. The first-order chi connectivity index (χ1) is 15.1. The molecule has 1 heterocycles. The van der Waals surface area contributed by atoms with Crippen LogP contribution < -0.4 is 16.2 Å². The number of fused-ring (bicyclic) bond motifs is 1. The number of halogens is 2. The van der Waals surface area contributed by atoms with Gasteiger partial charge in [-0.1, -0.05) is 47.8 Å². The summed E-state index contributed by atoms with van der Waals surface area (Å²) in [4.78, 5) is 24.7. The van der Waals surface area contributed by atoms with E-state index in [0.717, 1.165) is 36.0 Å². The van der Waals surface area contributed by atoms with E-state index < -0.39 is 17.6 Å². The predicted molar refractivity (Wildman–Crippen MR) is 128 cm³/mol. The molecule has 2 aromatic carbocycles. The van der Waals surface area contributed by atoms with Gasteiger partial charge in [-0.2, -0.15) is 0 Å². The van der Waals surface area contributed by atoms with Gasteiger partial charge in [-0.15, -0.1) is 0 Å². The zero-order valence-corrected chi connectivity index (χ0v) is 20.1. The maximum Gasteiger partial charge on any atom is 0.407 e. The Morgan fingerprint density at radius 2 is 1.81 bits per heavy atom. The standard InChI is InChI=1S/C24H29Cl2N3O3/c1-24(2,3)32-23(31)28-14-8-4-5-9-15-18(26)12-13-19-20(15)21(22(30)29(19)27)16-10-6-7-11-17(16)25/h6-7,10-13,21H,4-5,8-9,14,27H2,1-3H3,(H,28,31). The number of ether oxygens (including phenoxy) is 1. The minimum Gasteiger partial charge on any atom is -0.444 e. The molecule has 0 radical (unpaired) electrons. The summed E-state index contributed by atoms with van der Waals surface area (Å²) >= 11 is 13.0. The number of hydrogen-bond acceptors (Lipinski definition) is 4. The molecule has 8 heteroatoms. The van der Waals surface area contributed by atoms with Gasteiger partial charge in [0, 0.05) is 16.6 Å². The van der Waals surface area contributed by atoms with E-state index in [2.05, 4.69) is 5.32 Å². The van der Waals surface area contributed by atoms with Crippen molar-refractivity contribution >= 4 is 40.9 Å². The van der Waals surface area contributed by atoms with Crippen LogP contribution in [0.1, 0.15) is 62.6 Å². The molecule has 32 heavy (non-hydrogen) atoms. The van der Waals surface area contributed by atoms with Crippen molar-refractivity contribution in [2.24, 2.45) is 5.84 Å². The zero-order chi connectivity index (χ0) is 23.5. The summed E-state index contributed by atoms with van der Waals surface area (Å²) in [6.45, 7) is 6.03. The predicted octanol–water partition coefficient (Wildman–Crippen LogP) is 5.58. The Morgan fingerprint density at radius 1 is 1.09 bits per heavy atom. The lowest BCUT2D eigenvalue weighted by molar-refractivity contribution is -0.118. The van der Waals surface area contributed by atoms with E-state index >= 15 is 0 Å². The Hall–Kier alpha value is -2.28. The third kappa shape index (κ3) is 5.55. The molecule has 0 saturated heterocycles. The topological polar surface area (TPSA) is 84.7 Å². The summed E-state index contributed by atoms with van der Waals surface area (Å²) in [6.07, 6.45) is 2.82. The Bertz CT molecular complexity index is 1000. The number of benzene rings is 2. The maximum atomic E-state index is 13.0. The molecular formula is C24H29Cl2N3O3. The number of unbranched alkanes of at least 4 members (excludes halogenated alkanes) is 2. The summed E-state index contributed by atoms with van der Waals surface area (Å²) in [6, 6.07) is 10.9. The second kappa shape index (κ2) is 10.1. The fraction of sp³-hybridized carbons (Fsp3) is 0.417. The first-order valence-corrected chi connectivity index (χ1v) is 11.5. The highest BCUT2D eigenvalue weighted by molar-refractivity contribution is 6.33. The molecule has 0 fully saturated rings. The zero-order valence-electron chi connectivity index (χ0n) is 18.6. The summed E-state index contributed by atoms with van der Waals surface area (Å²) in [5.74, 6) is 5.30. The van der Waals surface area contributed by atoms with Gasteiger partial charge >= 0.3 is 6.09 Å². The van der Waals surface area contributed by atoms with Crippen molar-refractivity contribution in [2.75, 3.05) is 11.6 Å². The Balaban J connectivity index is 1.68. The van der Waals surface area contributed by atoms with E-state index in [1.165, 1.54) is 5.01 Å². The van der Waals surface area contributed by atoms with Crippen LogP contribution in [0.2, 0.25) is 10.0 Å². The number of hydrazine groups is 1. The van der Waals surface area contributed by atoms with Gasteiger partial charge in [0.2, 0.25) is 0 Å². The lowest BCUT2D eigenvalue weighted by Crippen LogP contribution is -2.35. The average molecular weight is 478 g/mol. The second-order valence-corrected chi connectivity index (χ2v) is 9.68. The number of amides is 2. The van der Waals surface area contributed by atoms with Gasteiger partial charge in [0.05, 0.1) is 11.6 Å². The van der Waals surface area contributed by atoms with E-state index in [4.69, 9.17) is 33.8 Å². The van der Waals surface area contributed by atoms with Gasteiger partial charge in [0.25, 0.3) is 5.91 Å². The second-order valence-electron chi connectivity index (χ2n) is 8.86. The number of carbonyl (C=O) groups is 2. The van der Waals surface area contributed by atoms with Crippen LogP contribution in [-0.2, 0) is 16.0 Å². The fourth-order valence-electron chi connectivity index (χ4n) is 3.90. The average Bonchev–Trinajstić information content (AvgIpc) is 2.96. The first kappa shape index (κ1) is 24.4. The molecule has 1 aliphatic rings. The van der Waals surface area contributed by atoms with Gasteiger partial charge in [0.15, 0.2) is 0 Å². The highest BCUT2D eigenvalue weighted by Crippen LogP contribution is 2.45. The summed E-state index contributed by atoms with van der Waals surface area (Å²) in [5, 5.41) is 5.08. The molecular weight excluding hydrogens is 449 g/mol. The molecule has 2 aromatic rings. The molecule has 1 unspecified atom stereocenters. The minimum absolute atomic E-state index is 0.224. The molecule has 3 rings (SSSR count). The van der Waals surface area contributed by atoms with Crippen molar-refractivity contribution in [3.63, 3.8) is 0 Å². The van der Waals surface area contributed by atoms with Crippen molar-refractivity contribution in [3.05, 3.63) is 63.1 Å². The van der Waals surface area contributed by atoms with Gasteiger partial charge in [-0.25, -0.2) is 15.6 Å². The van der Waals surface area contributed by atoms with Crippen molar-refractivity contribution in [3.8, 4) is 0 Å². The van der Waals surface area contributed by atoms with Gasteiger partial charge in [0.1, 0.15) is 5.60 Å². The van der Waals surface area contributed by atoms with E-state index in [1.807, 2.05) is 39.0 Å². The molecule has 0 saturated carbocycles. The summed E-state index contributed by atoms with van der Waals surface area (Å²) < 4.78 is 5.24. The number of rotatable bonds is 7. The van der Waals surface area contributed by atoms with Crippen LogP contribution in [0.3, 0.4) is 0 Å². The minimum atomic E-state index is -0.578. The molecule has 1 aliphatic heterocycles. The van der Waals surface area contributed by atoms with Crippen LogP contribution in [0.25, 0.3) is 0 Å². The molecule has 6 nitrogen and oxygen atoms in total. The highest BCUT2D eigenvalue weighted by atomic mass is 35.5. The number of anilines is 1. The molecule has 0 bridgehead atoms. The molecule has 172 valence electrons. The summed E-state index contributed by atoms with van der Waals surface area (Å²) in [5.41, 5.74) is 2.60. The van der Waals surface area contributed by atoms with Gasteiger partial charge in [-0.05, 0) is 74.9 Å². The molecule has 1 atom stereocenters. The normalized spacial score (nSPS) is 15.6. The third-order valence-corrected chi connectivity index (χ3v) is 6.00. The lowest BCUT2D eigenvalue weighted by Gasteiger charge is -2.19. The smallest absolute Gasteiger partial charge is 0.407 e. The Kier molecular flexibility index (Phi) is 7.70. The molecule has 0 aromatic heterocycles. The largest absolute Gasteiger partial charge is 0.444 e. The first-order valence-electron chi connectivity index (χ1n) is 10.7. The van der Waals surface area contributed by atoms with Gasteiger partial charge < -0.3 is 10.1 Å². The van der Waals surface area contributed by atoms with E-state index in [0.29, 0.717) is 28.7 Å². The van der Waals surface area contributed by atoms with Crippen LogP contribution in [0.15, 0.2) is 36.4 Å². The molecule has 2 amide bonds. The number of carbonyl (C=O) groups excluding carboxylic acids is 2. The van der Waals surface area contributed by atoms with Crippen LogP contribution in [-0.4, -0.2) is 24.1 Å². The fourth-order valence-corrected chi connectivity index (χ4v) is 4.40. The Labute approximate surface area is 199 Å². The monoisotopic (exact) mass is 477 g/mol. The number of nitrogens with zero attached hydrogens (tertiary/aromatic N) is 1. The van der Waals surface area contributed by atoms with E-state index in [1.54, 1.807) is 18.2 Å². The van der Waals surface area contributed by atoms with Crippen molar-refractivity contribution in [1.82, 2.24) is 5.32 Å². The SMILES string of the molecule is CC(C)(C)OC(=O)NCCCCCc1c(Cl)ccc2c1C(c1ccccc1Cl)C(=O)N2N. The maximum absolute atomic E-state index is 13.0. The van der Waals surface area contributed by atoms with Gasteiger partial charge in [-0.3, -0.25) is 4.79 Å². The van der Waals surface area contributed by atoms with Crippen molar-refractivity contribution in [2.45, 2.75) is 58.0 Å². The van der Waals surface area contributed by atoms with Crippen LogP contribution >= 0.6 is 23.2 Å². The van der Waals surface area contributed by atoms with Crippen LogP contribution in [0.5, 0.6) is 0 Å². The highest BCUT2D eigenvalue weighted by Gasteiger charge is 2.40. The number of nitrogens with one attached hydrogen (secondary N) is 1.